The topological polar surface area (TPSA) is 52.7 Å². The Labute approximate surface area is 132 Å². The molecule has 0 spiro atoms. The molecule has 0 unspecified atom stereocenters. The first-order valence-electron chi connectivity index (χ1n) is 6.89. The van der Waals surface area contributed by atoms with Crippen LogP contribution < -0.4 is 5.32 Å². The van der Waals surface area contributed by atoms with Crippen LogP contribution in [0, 0.1) is 0 Å². The number of carbonyl (C=O) groups excluding carboxylic acids is 2. The van der Waals surface area contributed by atoms with Crippen molar-refractivity contribution < 1.29 is 9.59 Å². The molecule has 0 bridgehead atoms. The second kappa shape index (κ2) is 10.0. The van der Waals surface area contributed by atoms with E-state index in [0.717, 1.165) is 5.69 Å². The molecule has 6 heteroatoms. The molecule has 0 aliphatic rings. The fraction of sp³-hybridized carbons (Fsp3) is 0.467. The van der Waals surface area contributed by atoms with Gasteiger partial charge in [0.2, 0.25) is 11.8 Å². The Kier molecular flexibility index (Phi) is 9.21. The Bertz CT molecular complexity index is 436. The molecule has 1 rings (SSSR count). The van der Waals surface area contributed by atoms with Crippen molar-refractivity contribution in [2.45, 2.75) is 13.8 Å². The second-order valence-corrected chi connectivity index (χ2v) is 4.54. The fourth-order valence-electron chi connectivity index (χ4n) is 1.84. The summed E-state index contributed by atoms with van der Waals surface area (Å²) in [6, 6.07) is 9.52. The molecule has 0 fully saturated rings. The summed E-state index contributed by atoms with van der Waals surface area (Å²) in [6.45, 7) is 5.50. The summed E-state index contributed by atoms with van der Waals surface area (Å²) in [6.07, 6.45) is 0. The Balaban J connectivity index is 0.00000400. The molecule has 0 aromatic heterocycles. The van der Waals surface area contributed by atoms with E-state index >= 15 is 0 Å². The van der Waals surface area contributed by atoms with Gasteiger partial charge in [0.05, 0.1) is 13.1 Å². The first kappa shape index (κ1) is 19.2. The molecule has 1 N–H and O–H groups in total. The lowest BCUT2D eigenvalue weighted by Gasteiger charge is -2.23. The molecule has 0 aliphatic carbocycles. The van der Waals surface area contributed by atoms with E-state index in [-0.39, 0.29) is 37.3 Å². The number of likely N-dealkylation sites (N-methyl/N-ethyl adjacent to an activating group) is 2. The maximum atomic E-state index is 11.9. The minimum Gasteiger partial charge on any atom is -0.376 e. The third-order valence-electron chi connectivity index (χ3n) is 3.13. The van der Waals surface area contributed by atoms with Crippen LogP contribution in [0.25, 0.3) is 0 Å². The zero-order valence-corrected chi connectivity index (χ0v) is 13.7. The van der Waals surface area contributed by atoms with Gasteiger partial charge < -0.3 is 15.1 Å². The Morgan fingerprint density at radius 2 is 1.62 bits per heavy atom. The van der Waals surface area contributed by atoms with Crippen LogP contribution in [0.2, 0.25) is 0 Å². The summed E-state index contributed by atoms with van der Waals surface area (Å²) in [4.78, 5) is 27.0. The number of carbonyl (C=O) groups is 2. The van der Waals surface area contributed by atoms with Crippen molar-refractivity contribution in [3.05, 3.63) is 30.3 Å². The van der Waals surface area contributed by atoms with Crippen LogP contribution in [0.1, 0.15) is 13.8 Å². The molecule has 5 nitrogen and oxygen atoms in total. The minimum atomic E-state index is -0.102. The Hall–Kier alpha value is -1.75. The number of hydrogen-bond donors (Lipinski definition) is 1. The van der Waals surface area contributed by atoms with Gasteiger partial charge in [0.1, 0.15) is 0 Å². The second-order valence-electron chi connectivity index (χ2n) is 4.54. The summed E-state index contributed by atoms with van der Waals surface area (Å²) in [5.41, 5.74) is 0.893. The average molecular weight is 314 g/mol. The molecule has 0 radical (unpaired) electrons. The molecular formula is C15H24ClN3O2. The van der Waals surface area contributed by atoms with Gasteiger partial charge in [-0.05, 0) is 26.0 Å². The van der Waals surface area contributed by atoms with E-state index in [0.29, 0.717) is 13.1 Å². The van der Waals surface area contributed by atoms with Crippen LogP contribution in [-0.2, 0) is 9.59 Å². The summed E-state index contributed by atoms with van der Waals surface area (Å²) in [7, 11) is 1.65. The van der Waals surface area contributed by atoms with Gasteiger partial charge in [0, 0.05) is 25.8 Å². The van der Waals surface area contributed by atoms with Crippen LogP contribution in [-0.4, -0.2) is 54.8 Å². The molecule has 1 aromatic carbocycles. The van der Waals surface area contributed by atoms with Gasteiger partial charge in [-0.15, -0.1) is 12.4 Å². The smallest absolute Gasteiger partial charge is 0.242 e. The molecule has 2 amide bonds. The first-order valence-corrected chi connectivity index (χ1v) is 6.89. The van der Waals surface area contributed by atoms with Crippen LogP contribution in [0.3, 0.4) is 0 Å². The van der Waals surface area contributed by atoms with Crippen molar-refractivity contribution in [2.24, 2.45) is 0 Å². The zero-order valence-electron chi connectivity index (χ0n) is 12.8. The predicted octanol–water partition coefficient (Wildman–Crippen LogP) is 1.85. The predicted molar refractivity (Wildman–Crippen MR) is 87.7 cm³/mol. The molecule has 0 heterocycles. The van der Waals surface area contributed by atoms with Crippen LogP contribution in [0.15, 0.2) is 30.3 Å². The largest absolute Gasteiger partial charge is 0.376 e. The van der Waals surface area contributed by atoms with Crippen molar-refractivity contribution in [3.63, 3.8) is 0 Å². The van der Waals surface area contributed by atoms with E-state index < -0.39 is 0 Å². The SMILES string of the molecule is CCN(CC)C(=O)CN(C)C(=O)CNc1ccccc1.Cl. The van der Waals surface area contributed by atoms with E-state index in [1.165, 1.54) is 4.90 Å². The van der Waals surface area contributed by atoms with E-state index in [2.05, 4.69) is 5.32 Å². The third-order valence-corrected chi connectivity index (χ3v) is 3.13. The number of nitrogens with zero attached hydrogens (tertiary/aromatic N) is 2. The Morgan fingerprint density at radius 3 is 2.14 bits per heavy atom. The zero-order chi connectivity index (χ0) is 15.0. The molecule has 21 heavy (non-hydrogen) atoms. The highest BCUT2D eigenvalue weighted by atomic mass is 35.5. The van der Waals surface area contributed by atoms with Gasteiger partial charge in [0.15, 0.2) is 0 Å². The summed E-state index contributed by atoms with van der Waals surface area (Å²) < 4.78 is 0. The van der Waals surface area contributed by atoms with Crippen molar-refractivity contribution in [2.75, 3.05) is 38.5 Å². The highest BCUT2D eigenvalue weighted by Crippen LogP contribution is 2.04. The number of benzene rings is 1. The summed E-state index contributed by atoms with van der Waals surface area (Å²) in [5.74, 6) is -0.125. The quantitative estimate of drug-likeness (QED) is 0.836. The molecular weight excluding hydrogens is 290 g/mol. The van der Waals surface area contributed by atoms with Gasteiger partial charge in [-0.25, -0.2) is 0 Å². The van der Waals surface area contributed by atoms with Gasteiger partial charge in [-0.3, -0.25) is 9.59 Å². The highest BCUT2D eigenvalue weighted by molar-refractivity contribution is 5.86. The Morgan fingerprint density at radius 1 is 1.05 bits per heavy atom. The average Bonchev–Trinajstić information content (AvgIpc) is 2.47. The lowest BCUT2D eigenvalue weighted by Crippen LogP contribution is -2.42. The summed E-state index contributed by atoms with van der Waals surface area (Å²) in [5, 5.41) is 3.04. The molecule has 1 aromatic rings. The maximum absolute atomic E-state index is 11.9. The first-order chi connectivity index (χ1) is 9.58. The van der Waals surface area contributed by atoms with E-state index in [1.807, 2.05) is 44.2 Å². The number of anilines is 1. The van der Waals surface area contributed by atoms with Gasteiger partial charge in [-0.2, -0.15) is 0 Å². The number of hydrogen-bond acceptors (Lipinski definition) is 3. The number of nitrogens with one attached hydrogen (secondary N) is 1. The number of halogens is 1. The van der Waals surface area contributed by atoms with Crippen LogP contribution in [0.5, 0.6) is 0 Å². The van der Waals surface area contributed by atoms with Crippen LogP contribution in [0.4, 0.5) is 5.69 Å². The molecule has 0 saturated carbocycles. The third kappa shape index (κ3) is 6.49. The van der Waals surface area contributed by atoms with Crippen molar-refractivity contribution in [1.82, 2.24) is 9.80 Å². The lowest BCUT2D eigenvalue weighted by atomic mass is 10.3. The van der Waals surface area contributed by atoms with Gasteiger partial charge >= 0.3 is 0 Å². The molecule has 0 atom stereocenters. The number of amides is 2. The molecule has 0 aliphatic heterocycles. The standard InChI is InChI=1S/C15H23N3O2.ClH/c1-4-18(5-2)15(20)12-17(3)14(19)11-16-13-9-7-6-8-10-13;/h6-10,16H,4-5,11-12H2,1-3H3;1H. The van der Waals surface area contributed by atoms with E-state index in [9.17, 15) is 9.59 Å². The lowest BCUT2D eigenvalue weighted by molar-refractivity contribution is -0.138. The number of rotatable bonds is 7. The van der Waals surface area contributed by atoms with E-state index in [4.69, 9.17) is 0 Å². The van der Waals surface area contributed by atoms with Crippen molar-refractivity contribution in [1.29, 1.82) is 0 Å². The molecule has 118 valence electrons. The van der Waals surface area contributed by atoms with E-state index in [1.54, 1.807) is 11.9 Å². The van der Waals surface area contributed by atoms with Crippen molar-refractivity contribution in [3.8, 4) is 0 Å². The van der Waals surface area contributed by atoms with Gasteiger partial charge in [0.25, 0.3) is 0 Å². The van der Waals surface area contributed by atoms with Crippen molar-refractivity contribution >= 4 is 29.9 Å². The monoisotopic (exact) mass is 313 g/mol. The van der Waals surface area contributed by atoms with Gasteiger partial charge in [-0.1, -0.05) is 18.2 Å². The normalized spacial score (nSPS) is 9.48. The molecule has 0 saturated heterocycles. The maximum Gasteiger partial charge on any atom is 0.242 e. The van der Waals surface area contributed by atoms with Crippen LogP contribution >= 0.6 is 12.4 Å². The highest BCUT2D eigenvalue weighted by Gasteiger charge is 2.16. The minimum absolute atomic E-state index is 0. The number of para-hydroxylation sites is 1. The fourth-order valence-corrected chi connectivity index (χ4v) is 1.84. The summed E-state index contributed by atoms with van der Waals surface area (Å²) >= 11 is 0.